The minimum absolute atomic E-state index is 0.0918. The summed E-state index contributed by atoms with van der Waals surface area (Å²) in [4.78, 5) is 1.96. The van der Waals surface area contributed by atoms with Gasteiger partial charge < -0.3 is 14.4 Å². The summed E-state index contributed by atoms with van der Waals surface area (Å²) in [5.74, 6) is 1.29. The summed E-state index contributed by atoms with van der Waals surface area (Å²) in [6, 6.07) is 12.3. The smallest absolute Gasteiger partial charge is 0.231 e. The van der Waals surface area contributed by atoms with E-state index >= 15 is 0 Å². The molecule has 0 amide bonds. The number of hydrogen-bond donors (Lipinski definition) is 1. The van der Waals surface area contributed by atoms with E-state index in [0.29, 0.717) is 22.1 Å². The fourth-order valence-corrected chi connectivity index (χ4v) is 4.05. The van der Waals surface area contributed by atoms with Crippen molar-refractivity contribution >= 4 is 21.6 Å². The van der Waals surface area contributed by atoms with Crippen LogP contribution in [0.25, 0.3) is 0 Å². The van der Waals surface area contributed by atoms with Crippen molar-refractivity contribution < 1.29 is 17.9 Å². The van der Waals surface area contributed by atoms with Gasteiger partial charge in [0.2, 0.25) is 16.8 Å². The molecule has 0 saturated carbocycles. The van der Waals surface area contributed by atoms with Crippen molar-refractivity contribution in [3.05, 3.63) is 58.6 Å². The van der Waals surface area contributed by atoms with E-state index in [-0.39, 0.29) is 25.1 Å². The predicted octanol–water partition coefficient (Wildman–Crippen LogP) is 2.79. The van der Waals surface area contributed by atoms with Gasteiger partial charge in [0.1, 0.15) is 0 Å². The lowest BCUT2D eigenvalue weighted by atomic mass is 10.1. The molecule has 8 heteroatoms. The number of fused-ring (bicyclic) bond motifs is 1. The van der Waals surface area contributed by atoms with E-state index in [0.717, 1.165) is 5.56 Å². The Hall–Kier alpha value is -1.80. The monoisotopic (exact) mass is 396 g/mol. The lowest BCUT2D eigenvalue weighted by molar-refractivity contribution is 0.174. The second-order valence-electron chi connectivity index (χ2n) is 6.33. The lowest BCUT2D eigenvalue weighted by Crippen LogP contribution is -2.35. The van der Waals surface area contributed by atoms with Crippen molar-refractivity contribution in [3.63, 3.8) is 0 Å². The van der Waals surface area contributed by atoms with Crippen molar-refractivity contribution in [1.82, 2.24) is 9.62 Å². The number of rotatable bonds is 7. The van der Waals surface area contributed by atoms with Crippen LogP contribution in [-0.4, -0.2) is 40.8 Å². The van der Waals surface area contributed by atoms with E-state index in [1.807, 2.05) is 37.2 Å². The lowest BCUT2D eigenvalue weighted by Gasteiger charge is -2.25. The zero-order valence-electron chi connectivity index (χ0n) is 14.6. The van der Waals surface area contributed by atoms with Crippen LogP contribution in [0.2, 0.25) is 5.02 Å². The Bertz CT molecular complexity index is 869. The fourth-order valence-electron chi connectivity index (χ4n) is 2.78. The van der Waals surface area contributed by atoms with Gasteiger partial charge in [0.25, 0.3) is 0 Å². The van der Waals surface area contributed by atoms with Gasteiger partial charge in [-0.25, -0.2) is 13.1 Å². The van der Waals surface area contributed by atoms with Gasteiger partial charge in [-0.05, 0) is 49.5 Å². The van der Waals surface area contributed by atoms with Crippen LogP contribution in [0.15, 0.2) is 42.5 Å². The minimum atomic E-state index is -3.47. The van der Waals surface area contributed by atoms with Crippen LogP contribution in [0.5, 0.6) is 11.5 Å². The maximum absolute atomic E-state index is 12.4. The van der Waals surface area contributed by atoms with Gasteiger partial charge in [0, 0.05) is 17.6 Å². The first-order valence-electron chi connectivity index (χ1n) is 8.12. The Labute approximate surface area is 158 Å². The van der Waals surface area contributed by atoms with E-state index in [4.69, 9.17) is 21.1 Å². The number of sulfonamides is 1. The SMILES string of the molecule is CN(C)C(CNS(=O)(=O)Cc1ccc(Cl)cc1)c1ccc2c(c1)OCO2. The molecule has 1 unspecified atom stereocenters. The number of likely N-dealkylation sites (N-methyl/N-ethyl adjacent to an activating group) is 1. The minimum Gasteiger partial charge on any atom is -0.454 e. The molecular weight excluding hydrogens is 376 g/mol. The Balaban J connectivity index is 1.69. The van der Waals surface area contributed by atoms with Gasteiger partial charge in [-0.2, -0.15) is 0 Å². The number of ether oxygens (including phenoxy) is 2. The van der Waals surface area contributed by atoms with Crippen LogP contribution < -0.4 is 14.2 Å². The van der Waals surface area contributed by atoms with Gasteiger partial charge >= 0.3 is 0 Å². The molecule has 0 fully saturated rings. The van der Waals surface area contributed by atoms with Crippen LogP contribution in [0.3, 0.4) is 0 Å². The topological polar surface area (TPSA) is 67.9 Å². The van der Waals surface area contributed by atoms with Gasteiger partial charge in [0.05, 0.1) is 5.75 Å². The number of hydrogen-bond acceptors (Lipinski definition) is 5. The average molecular weight is 397 g/mol. The molecule has 1 atom stereocenters. The quantitative estimate of drug-likeness (QED) is 0.779. The molecule has 3 rings (SSSR count). The highest BCUT2D eigenvalue weighted by Gasteiger charge is 2.21. The molecule has 0 saturated heterocycles. The van der Waals surface area contributed by atoms with Crippen molar-refractivity contribution in [3.8, 4) is 11.5 Å². The van der Waals surface area contributed by atoms with E-state index in [1.165, 1.54) is 0 Å². The van der Waals surface area contributed by atoms with Gasteiger partial charge in [-0.1, -0.05) is 29.8 Å². The second kappa shape index (κ2) is 7.84. The Morgan fingerprint density at radius 1 is 1.12 bits per heavy atom. The van der Waals surface area contributed by atoms with Crippen molar-refractivity contribution in [1.29, 1.82) is 0 Å². The zero-order valence-corrected chi connectivity index (χ0v) is 16.2. The molecule has 0 aromatic heterocycles. The van der Waals surface area contributed by atoms with Crippen molar-refractivity contribution in [2.75, 3.05) is 27.4 Å². The maximum atomic E-state index is 12.4. The largest absolute Gasteiger partial charge is 0.454 e. The molecule has 2 aromatic carbocycles. The number of benzene rings is 2. The summed E-state index contributed by atoms with van der Waals surface area (Å²) in [5.41, 5.74) is 1.64. The molecule has 0 radical (unpaired) electrons. The molecule has 1 N–H and O–H groups in total. The summed E-state index contributed by atoms with van der Waals surface area (Å²) >= 11 is 5.84. The molecule has 1 aliphatic heterocycles. The Kier molecular flexibility index (Phi) is 5.72. The summed E-state index contributed by atoms with van der Waals surface area (Å²) in [5, 5.41) is 0.578. The van der Waals surface area contributed by atoms with Crippen LogP contribution >= 0.6 is 11.6 Å². The van der Waals surface area contributed by atoms with E-state index in [2.05, 4.69) is 4.72 Å². The van der Waals surface area contributed by atoms with Crippen LogP contribution in [0.1, 0.15) is 17.2 Å². The first kappa shape index (κ1) is 19.0. The summed E-state index contributed by atoms with van der Waals surface area (Å²) < 4.78 is 38.3. The molecule has 140 valence electrons. The standard InChI is InChI=1S/C18H21ClN2O4S/c1-21(2)16(14-5-8-17-18(9-14)25-12-24-17)10-20-26(22,23)11-13-3-6-15(19)7-4-13/h3-9,16,20H,10-12H2,1-2H3. The molecule has 2 aromatic rings. The van der Waals surface area contributed by atoms with Crippen LogP contribution in [0, 0.1) is 0 Å². The molecule has 1 heterocycles. The second-order valence-corrected chi connectivity index (χ2v) is 8.57. The van der Waals surface area contributed by atoms with E-state index in [1.54, 1.807) is 24.3 Å². The highest BCUT2D eigenvalue weighted by Crippen LogP contribution is 2.35. The molecular formula is C18H21ClN2O4S. The Morgan fingerprint density at radius 3 is 2.50 bits per heavy atom. The van der Waals surface area contributed by atoms with Crippen molar-refractivity contribution in [2.24, 2.45) is 0 Å². The van der Waals surface area contributed by atoms with Crippen molar-refractivity contribution in [2.45, 2.75) is 11.8 Å². The summed E-state index contributed by atoms with van der Waals surface area (Å²) in [7, 11) is 0.340. The fraction of sp³-hybridized carbons (Fsp3) is 0.333. The van der Waals surface area contributed by atoms with Gasteiger partial charge in [0.15, 0.2) is 11.5 Å². The number of nitrogens with zero attached hydrogens (tertiary/aromatic N) is 1. The predicted molar refractivity (Wildman–Crippen MR) is 101 cm³/mol. The maximum Gasteiger partial charge on any atom is 0.231 e. The first-order valence-corrected chi connectivity index (χ1v) is 10.1. The number of halogens is 1. The summed E-state index contributed by atoms with van der Waals surface area (Å²) in [6.45, 7) is 0.460. The highest BCUT2D eigenvalue weighted by atomic mass is 35.5. The van der Waals surface area contributed by atoms with Crippen LogP contribution in [0.4, 0.5) is 0 Å². The molecule has 6 nitrogen and oxygen atoms in total. The zero-order chi connectivity index (χ0) is 18.7. The third-order valence-corrected chi connectivity index (χ3v) is 5.74. The first-order chi connectivity index (χ1) is 12.3. The molecule has 0 spiro atoms. The average Bonchev–Trinajstić information content (AvgIpc) is 3.04. The van der Waals surface area contributed by atoms with Gasteiger partial charge in [-0.15, -0.1) is 0 Å². The normalized spacial score (nSPS) is 14.6. The van der Waals surface area contributed by atoms with E-state index in [9.17, 15) is 8.42 Å². The summed E-state index contributed by atoms with van der Waals surface area (Å²) in [6.07, 6.45) is 0. The van der Waals surface area contributed by atoms with Gasteiger partial charge in [-0.3, -0.25) is 0 Å². The highest BCUT2D eigenvalue weighted by molar-refractivity contribution is 7.88. The van der Waals surface area contributed by atoms with E-state index < -0.39 is 10.0 Å². The number of nitrogens with one attached hydrogen (secondary N) is 1. The molecule has 26 heavy (non-hydrogen) atoms. The molecule has 1 aliphatic rings. The molecule has 0 aliphatic carbocycles. The van der Waals surface area contributed by atoms with Crippen LogP contribution in [-0.2, 0) is 15.8 Å². The Morgan fingerprint density at radius 2 is 1.81 bits per heavy atom. The third-order valence-electron chi connectivity index (χ3n) is 4.17. The molecule has 0 bridgehead atoms. The third kappa shape index (κ3) is 4.67.